The van der Waals surface area contributed by atoms with Crippen LogP contribution in [0.5, 0.6) is 0 Å². The number of benzene rings is 1. The Labute approximate surface area is 119 Å². The van der Waals surface area contributed by atoms with Gasteiger partial charge in [-0.15, -0.1) is 0 Å². The third-order valence-electron chi connectivity index (χ3n) is 3.73. The van der Waals surface area contributed by atoms with E-state index < -0.39 is 0 Å². The van der Waals surface area contributed by atoms with Crippen LogP contribution < -0.4 is 4.90 Å². The number of carbonyl (C=O) groups is 1. The van der Waals surface area contributed by atoms with E-state index in [9.17, 15) is 4.79 Å². The molecule has 1 aromatic carbocycles. The number of ketones is 1. The molecule has 1 fully saturated rings. The van der Waals surface area contributed by atoms with Gasteiger partial charge < -0.3 is 9.32 Å². The highest BCUT2D eigenvalue weighted by atomic mass is 16.3. The van der Waals surface area contributed by atoms with Crippen LogP contribution >= 0.6 is 0 Å². The minimum absolute atomic E-state index is 0.200. The number of furan rings is 1. The fourth-order valence-electron chi connectivity index (χ4n) is 2.52. The van der Waals surface area contributed by atoms with E-state index in [0.717, 1.165) is 23.6 Å². The first-order valence-corrected chi connectivity index (χ1v) is 7.21. The van der Waals surface area contributed by atoms with Gasteiger partial charge in [-0.25, -0.2) is 0 Å². The highest BCUT2D eigenvalue weighted by Crippen LogP contribution is 2.35. The molecular weight excluding hydrogens is 250 g/mol. The second-order valence-electron chi connectivity index (χ2n) is 5.23. The van der Waals surface area contributed by atoms with Crippen molar-refractivity contribution in [1.82, 2.24) is 0 Å². The quantitative estimate of drug-likeness (QED) is 0.742. The third kappa shape index (κ3) is 2.62. The van der Waals surface area contributed by atoms with Gasteiger partial charge in [0, 0.05) is 23.7 Å². The molecule has 0 spiro atoms. The largest absolute Gasteiger partial charge is 0.467 e. The lowest BCUT2D eigenvalue weighted by Gasteiger charge is -2.25. The highest BCUT2D eigenvalue weighted by molar-refractivity contribution is 6.01. The Morgan fingerprint density at radius 1 is 1.25 bits per heavy atom. The number of hydrogen-bond acceptors (Lipinski definition) is 3. The Kier molecular flexibility index (Phi) is 3.59. The Morgan fingerprint density at radius 3 is 2.70 bits per heavy atom. The summed E-state index contributed by atoms with van der Waals surface area (Å²) in [6, 6.07) is 12.3. The van der Waals surface area contributed by atoms with Gasteiger partial charge in [0.2, 0.25) is 0 Å². The van der Waals surface area contributed by atoms with E-state index >= 15 is 0 Å². The van der Waals surface area contributed by atoms with Crippen LogP contribution in [0.25, 0.3) is 0 Å². The zero-order valence-electron chi connectivity index (χ0n) is 11.7. The Morgan fingerprint density at radius 2 is 2.05 bits per heavy atom. The average Bonchev–Trinajstić information content (AvgIpc) is 3.20. The Balaban J connectivity index is 1.93. The molecule has 0 atom stereocenters. The average molecular weight is 269 g/mol. The fraction of sp³-hybridized carbons (Fsp3) is 0.353. The lowest BCUT2D eigenvalue weighted by molar-refractivity contribution is 0.0988. The SMILES string of the molecule is CCC(=O)c1ccccc1N(Cc1ccco1)C1CC1. The zero-order valence-corrected chi connectivity index (χ0v) is 11.7. The van der Waals surface area contributed by atoms with Gasteiger partial charge in [-0.05, 0) is 37.1 Å². The molecule has 1 aliphatic carbocycles. The van der Waals surface area contributed by atoms with E-state index in [1.165, 1.54) is 12.8 Å². The highest BCUT2D eigenvalue weighted by Gasteiger charge is 2.31. The van der Waals surface area contributed by atoms with Crippen molar-refractivity contribution in [3.8, 4) is 0 Å². The molecule has 0 N–H and O–H groups in total. The molecule has 0 bridgehead atoms. The molecular formula is C17H19NO2. The fourth-order valence-corrected chi connectivity index (χ4v) is 2.52. The molecule has 3 rings (SSSR count). The first kappa shape index (κ1) is 13.0. The van der Waals surface area contributed by atoms with Crippen molar-refractivity contribution in [2.45, 2.75) is 38.8 Å². The van der Waals surface area contributed by atoms with Crippen molar-refractivity contribution >= 4 is 11.5 Å². The molecule has 1 heterocycles. The molecule has 104 valence electrons. The number of Topliss-reactive ketones (excluding diaryl/α,β-unsaturated/α-hetero) is 1. The van der Waals surface area contributed by atoms with Crippen molar-refractivity contribution in [3.05, 3.63) is 54.0 Å². The van der Waals surface area contributed by atoms with E-state index in [-0.39, 0.29) is 5.78 Å². The van der Waals surface area contributed by atoms with Gasteiger partial charge in [-0.1, -0.05) is 19.1 Å². The molecule has 0 aliphatic heterocycles. The summed E-state index contributed by atoms with van der Waals surface area (Å²) in [6.07, 6.45) is 4.62. The minimum atomic E-state index is 0.200. The maximum atomic E-state index is 12.1. The van der Waals surface area contributed by atoms with Crippen LogP contribution in [-0.2, 0) is 6.54 Å². The van der Waals surface area contributed by atoms with E-state index in [1.54, 1.807) is 6.26 Å². The summed E-state index contributed by atoms with van der Waals surface area (Å²) in [5.41, 5.74) is 1.87. The van der Waals surface area contributed by atoms with Gasteiger partial charge in [0.1, 0.15) is 5.76 Å². The predicted molar refractivity (Wildman–Crippen MR) is 79.0 cm³/mol. The zero-order chi connectivity index (χ0) is 13.9. The van der Waals surface area contributed by atoms with Crippen molar-refractivity contribution in [1.29, 1.82) is 0 Å². The van der Waals surface area contributed by atoms with E-state index in [4.69, 9.17) is 4.42 Å². The lowest BCUT2D eigenvalue weighted by Crippen LogP contribution is -2.26. The molecule has 1 aliphatic rings. The molecule has 20 heavy (non-hydrogen) atoms. The summed E-state index contributed by atoms with van der Waals surface area (Å²) in [5, 5.41) is 0. The van der Waals surface area contributed by atoms with Crippen LogP contribution in [0, 0.1) is 0 Å². The molecule has 1 aromatic heterocycles. The van der Waals surface area contributed by atoms with Gasteiger partial charge in [0.25, 0.3) is 0 Å². The smallest absolute Gasteiger partial charge is 0.164 e. The normalized spacial score (nSPS) is 14.2. The summed E-state index contributed by atoms with van der Waals surface area (Å²) in [7, 11) is 0. The van der Waals surface area contributed by atoms with E-state index in [1.807, 2.05) is 43.3 Å². The molecule has 0 saturated heterocycles. The summed E-state index contributed by atoms with van der Waals surface area (Å²) in [6.45, 7) is 2.64. The van der Waals surface area contributed by atoms with Crippen LogP contribution in [0.4, 0.5) is 5.69 Å². The summed E-state index contributed by atoms with van der Waals surface area (Å²) >= 11 is 0. The Bertz CT molecular complexity index is 585. The first-order valence-electron chi connectivity index (χ1n) is 7.21. The maximum absolute atomic E-state index is 12.1. The topological polar surface area (TPSA) is 33.5 Å². The molecule has 0 unspecified atom stereocenters. The predicted octanol–water partition coefficient (Wildman–Crippen LogP) is 4.04. The number of nitrogens with zero attached hydrogens (tertiary/aromatic N) is 1. The van der Waals surface area contributed by atoms with Crippen LogP contribution in [0.1, 0.15) is 42.3 Å². The molecule has 2 aromatic rings. The summed E-state index contributed by atoms with van der Waals surface area (Å²) in [4.78, 5) is 14.4. The number of carbonyl (C=O) groups excluding carboxylic acids is 1. The van der Waals surface area contributed by atoms with Gasteiger partial charge in [-0.2, -0.15) is 0 Å². The van der Waals surface area contributed by atoms with Crippen molar-refractivity contribution in [2.24, 2.45) is 0 Å². The molecule has 3 heteroatoms. The van der Waals surface area contributed by atoms with Gasteiger partial charge >= 0.3 is 0 Å². The van der Waals surface area contributed by atoms with Gasteiger partial charge in [0.15, 0.2) is 5.78 Å². The lowest BCUT2D eigenvalue weighted by atomic mass is 10.1. The number of anilines is 1. The number of rotatable bonds is 6. The Hall–Kier alpha value is -2.03. The second-order valence-corrected chi connectivity index (χ2v) is 5.23. The van der Waals surface area contributed by atoms with Crippen molar-refractivity contribution in [3.63, 3.8) is 0 Å². The summed E-state index contributed by atoms with van der Waals surface area (Å²) in [5.74, 6) is 1.14. The van der Waals surface area contributed by atoms with Crippen LogP contribution in [0.2, 0.25) is 0 Å². The molecule has 3 nitrogen and oxygen atoms in total. The standard InChI is InChI=1S/C17H19NO2/c1-2-17(19)15-7-3-4-8-16(15)18(13-9-10-13)12-14-6-5-11-20-14/h3-8,11,13H,2,9-10,12H2,1H3. The number of hydrogen-bond donors (Lipinski definition) is 0. The van der Waals surface area contributed by atoms with Gasteiger partial charge in [0.05, 0.1) is 12.8 Å². The third-order valence-corrected chi connectivity index (χ3v) is 3.73. The van der Waals surface area contributed by atoms with Crippen LogP contribution in [-0.4, -0.2) is 11.8 Å². The number of para-hydroxylation sites is 1. The monoisotopic (exact) mass is 269 g/mol. The first-order chi connectivity index (χ1) is 9.79. The van der Waals surface area contributed by atoms with E-state index in [2.05, 4.69) is 4.90 Å². The minimum Gasteiger partial charge on any atom is -0.467 e. The van der Waals surface area contributed by atoms with Crippen molar-refractivity contribution < 1.29 is 9.21 Å². The van der Waals surface area contributed by atoms with Crippen LogP contribution in [0.15, 0.2) is 47.1 Å². The molecule has 0 radical (unpaired) electrons. The maximum Gasteiger partial charge on any atom is 0.164 e. The molecule has 0 amide bonds. The summed E-state index contributed by atoms with van der Waals surface area (Å²) < 4.78 is 5.46. The van der Waals surface area contributed by atoms with Gasteiger partial charge in [-0.3, -0.25) is 4.79 Å². The molecule has 1 saturated carbocycles. The van der Waals surface area contributed by atoms with E-state index in [0.29, 0.717) is 12.5 Å². The van der Waals surface area contributed by atoms with Crippen molar-refractivity contribution in [2.75, 3.05) is 4.90 Å². The second kappa shape index (κ2) is 5.53. The van der Waals surface area contributed by atoms with Crippen LogP contribution in [0.3, 0.4) is 0 Å².